The Morgan fingerprint density at radius 1 is 1.38 bits per heavy atom. The van der Waals surface area contributed by atoms with Crippen LogP contribution in [0.3, 0.4) is 0 Å². The summed E-state index contributed by atoms with van der Waals surface area (Å²) >= 11 is 5.19. The first kappa shape index (κ1) is 18.1. The summed E-state index contributed by atoms with van der Waals surface area (Å²) in [5.41, 5.74) is 7.45. The van der Waals surface area contributed by atoms with Crippen LogP contribution in [-0.2, 0) is 4.79 Å². The van der Waals surface area contributed by atoms with Crippen LogP contribution in [0, 0.1) is 5.92 Å². The molecule has 4 N–H and O–H groups in total. The van der Waals surface area contributed by atoms with Gasteiger partial charge in [-0.15, -0.1) is 0 Å². The van der Waals surface area contributed by atoms with E-state index in [-0.39, 0.29) is 0 Å². The van der Waals surface area contributed by atoms with Crippen molar-refractivity contribution in [3.8, 4) is 11.5 Å². The second-order valence-corrected chi connectivity index (χ2v) is 6.46. The number of benzene rings is 1. The smallest absolute Gasteiger partial charge is 0.248 e. The molecule has 1 atom stereocenters. The molecule has 1 aromatic rings. The van der Waals surface area contributed by atoms with Crippen molar-refractivity contribution >= 4 is 23.2 Å². The largest absolute Gasteiger partial charge is 0.493 e. The van der Waals surface area contributed by atoms with Gasteiger partial charge in [0, 0.05) is 5.70 Å². The quantitative estimate of drug-likeness (QED) is 0.681. The highest BCUT2D eigenvalue weighted by Crippen LogP contribution is 2.34. The van der Waals surface area contributed by atoms with Crippen LogP contribution in [0.1, 0.15) is 32.4 Å². The predicted molar refractivity (Wildman–Crippen MR) is 96.8 cm³/mol. The summed E-state index contributed by atoms with van der Waals surface area (Å²) in [5, 5.41) is 6.45. The van der Waals surface area contributed by atoms with Crippen molar-refractivity contribution in [2.75, 3.05) is 13.7 Å². The summed E-state index contributed by atoms with van der Waals surface area (Å²) in [4.78, 5) is 11.8. The maximum atomic E-state index is 11.8. The predicted octanol–water partition coefficient (Wildman–Crippen LogP) is 2.01. The molecule has 0 saturated heterocycles. The van der Waals surface area contributed by atoms with Crippen molar-refractivity contribution in [1.82, 2.24) is 10.6 Å². The summed E-state index contributed by atoms with van der Waals surface area (Å²) < 4.78 is 11.2. The Morgan fingerprint density at radius 3 is 2.67 bits per heavy atom. The van der Waals surface area contributed by atoms with Crippen molar-refractivity contribution in [2.24, 2.45) is 11.7 Å². The number of rotatable bonds is 6. The summed E-state index contributed by atoms with van der Waals surface area (Å²) in [6.07, 6.45) is 0. The number of nitrogens with two attached hydrogens (primary N) is 1. The molecule has 0 aromatic heterocycles. The summed E-state index contributed by atoms with van der Waals surface area (Å²) in [6, 6.07) is 5.11. The lowest BCUT2D eigenvalue weighted by molar-refractivity contribution is -0.115. The third-order valence-electron chi connectivity index (χ3n) is 3.63. The van der Waals surface area contributed by atoms with Crippen molar-refractivity contribution in [3.63, 3.8) is 0 Å². The van der Waals surface area contributed by atoms with Crippen molar-refractivity contribution in [3.05, 3.63) is 35.0 Å². The van der Waals surface area contributed by atoms with Gasteiger partial charge in [-0.25, -0.2) is 0 Å². The van der Waals surface area contributed by atoms with Crippen LogP contribution < -0.4 is 25.8 Å². The number of carbonyl (C=O) groups is 1. The molecular weight excluding hydrogens is 326 g/mol. The van der Waals surface area contributed by atoms with Gasteiger partial charge >= 0.3 is 0 Å². The van der Waals surface area contributed by atoms with E-state index < -0.39 is 11.9 Å². The molecule has 0 radical (unpaired) electrons. The molecule has 2 rings (SSSR count). The Hall–Kier alpha value is -2.28. The summed E-state index contributed by atoms with van der Waals surface area (Å²) in [6.45, 7) is 6.52. The highest BCUT2D eigenvalue weighted by atomic mass is 32.1. The number of primary amides is 1. The lowest BCUT2D eigenvalue weighted by atomic mass is 9.95. The van der Waals surface area contributed by atoms with E-state index in [0.29, 0.717) is 40.4 Å². The minimum Gasteiger partial charge on any atom is -0.493 e. The molecule has 0 spiro atoms. The van der Waals surface area contributed by atoms with Gasteiger partial charge in [0.15, 0.2) is 16.6 Å². The van der Waals surface area contributed by atoms with Crippen LogP contribution in [0.5, 0.6) is 11.5 Å². The standard InChI is InChI=1S/C17H23N3O3S/c1-9(2)8-23-12-6-5-11(7-13(12)22-4)15-14(16(18)21)10(3)19-17(24)20-15/h5-7,9,15H,8H2,1-4H3,(H2,18,21)(H2,19,20,24)/t15-/m1/s1. The Bertz CT molecular complexity index is 686. The third kappa shape index (κ3) is 3.97. The average molecular weight is 349 g/mol. The maximum Gasteiger partial charge on any atom is 0.248 e. The third-order valence-corrected chi connectivity index (χ3v) is 3.85. The molecule has 7 heteroatoms. The van der Waals surface area contributed by atoms with E-state index in [9.17, 15) is 4.79 Å². The zero-order chi connectivity index (χ0) is 17.9. The van der Waals surface area contributed by atoms with E-state index in [1.807, 2.05) is 18.2 Å². The Labute approximate surface area is 147 Å². The van der Waals surface area contributed by atoms with Crippen LogP contribution in [0.25, 0.3) is 0 Å². The van der Waals surface area contributed by atoms with E-state index in [0.717, 1.165) is 5.56 Å². The molecule has 0 fully saturated rings. The van der Waals surface area contributed by atoms with E-state index in [2.05, 4.69) is 24.5 Å². The zero-order valence-corrected chi connectivity index (χ0v) is 15.1. The number of amides is 1. The maximum absolute atomic E-state index is 11.8. The molecule has 1 aromatic carbocycles. The number of hydrogen-bond donors (Lipinski definition) is 3. The zero-order valence-electron chi connectivity index (χ0n) is 14.3. The molecule has 1 aliphatic rings. The highest BCUT2D eigenvalue weighted by molar-refractivity contribution is 7.80. The normalized spacial score (nSPS) is 17.4. The molecule has 1 amide bonds. The number of carbonyl (C=O) groups excluding carboxylic acids is 1. The van der Waals surface area contributed by atoms with Crippen LogP contribution in [0.4, 0.5) is 0 Å². The van der Waals surface area contributed by atoms with Gasteiger partial charge in [0.25, 0.3) is 0 Å². The second-order valence-electron chi connectivity index (χ2n) is 6.05. The second kappa shape index (κ2) is 7.53. The molecule has 6 nitrogen and oxygen atoms in total. The van der Waals surface area contributed by atoms with Crippen molar-refractivity contribution in [2.45, 2.75) is 26.8 Å². The van der Waals surface area contributed by atoms with Crippen molar-refractivity contribution in [1.29, 1.82) is 0 Å². The fourth-order valence-corrected chi connectivity index (χ4v) is 2.78. The van der Waals surface area contributed by atoms with Crippen LogP contribution >= 0.6 is 12.2 Å². The fraction of sp³-hybridized carbons (Fsp3) is 0.412. The van der Waals surface area contributed by atoms with Gasteiger partial charge < -0.3 is 25.8 Å². The van der Waals surface area contributed by atoms with Crippen LogP contribution in [0.15, 0.2) is 29.5 Å². The number of hydrogen-bond acceptors (Lipinski definition) is 4. The van der Waals surface area contributed by atoms with Crippen molar-refractivity contribution < 1.29 is 14.3 Å². The monoisotopic (exact) mass is 349 g/mol. The Balaban J connectivity index is 2.38. The Kier molecular flexibility index (Phi) is 5.66. The first-order valence-corrected chi connectivity index (χ1v) is 8.13. The lowest BCUT2D eigenvalue weighted by Crippen LogP contribution is -2.46. The van der Waals surface area contributed by atoms with Gasteiger partial charge in [-0.2, -0.15) is 0 Å². The van der Waals surface area contributed by atoms with Gasteiger partial charge in [-0.05, 0) is 42.8 Å². The molecule has 0 saturated carbocycles. The lowest BCUT2D eigenvalue weighted by Gasteiger charge is -2.29. The number of ether oxygens (including phenoxy) is 2. The minimum absolute atomic E-state index is 0.407. The first-order valence-electron chi connectivity index (χ1n) is 7.72. The molecule has 24 heavy (non-hydrogen) atoms. The molecule has 0 bridgehead atoms. The van der Waals surface area contributed by atoms with Crippen LogP contribution in [-0.4, -0.2) is 24.7 Å². The molecule has 0 aliphatic carbocycles. The van der Waals surface area contributed by atoms with Gasteiger partial charge in [0.05, 0.1) is 25.3 Å². The average Bonchev–Trinajstić information content (AvgIpc) is 2.51. The molecule has 1 aliphatic heterocycles. The van der Waals surface area contributed by atoms with E-state index in [4.69, 9.17) is 27.4 Å². The summed E-state index contributed by atoms with van der Waals surface area (Å²) in [5.74, 6) is 1.16. The van der Waals surface area contributed by atoms with E-state index in [1.54, 1.807) is 14.0 Å². The number of thiocarbonyl (C=S) groups is 1. The number of nitrogens with one attached hydrogen (secondary N) is 2. The first-order chi connectivity index (χ1) is 11.3. The minimum atomic E-state index is -0.501. The highest BCUT2D eigenvalue weighted by Gasteiger charge is 2.29. The van der Waals surface area contributed by atoms with Gasteiger partial charge in [-0.3, -0.25) is 4.79 Å². The van der Waals surface area contributed by atoms with E-state index >= 15 is 0 Å². The Morgan fingerprint density at radius 2 is 2.08 bits per heavy atom. The van der Waals surface area contributed by atoms with Gasteiger partial charge in [-0.1, -0.05) is 19.9 Å². The SMILES string of the molecule is COc1cc([C@H]2NC(=S)NC(C)=C2C(N)=O)ccc1OCC(C)C. The van der Waals surface area contributed by atoms with E-state index in [1.165, 1.54) is 0 Å². The molecule has 0 unspecified atom stereocenters. The topological polar surface area (TPSA) is 85.6 Å². The van der Waals surface area contributed by atoms with Crippen LogP contribution in [0.2, 0.25) is 0 Å². The molecular formula is C17H23N3O3S. The number of methoxy groups -OCH3 is 1. The summed E-state index contributed by atoms with van der Waals surface area (Å²) in [7, 11) is 1.58. The van der Waals surface area contributed by atoms with Gasteiger partial charge in [0.2, 0.25) is 5.91 Å². The number of allylic oxidation sites excluding steroid dienone is 1. The molecule has 130 valence electrons. The fourth-order valence-electron chi connectivity index (χ4n) is 2.51. The van der Waals surface area contributed by atoms with Gasteiger partial charge in [0.1, 0.15) is 0 Å². The molecule has 1 heterocycles.